The van der Waals surface area contributed by atoms with E-state index in [2.05, 4.69) is 36.4 Å². The predicted octanol–water partition coefficient (Wildman–Crippen LogP) is 4.67. The lowest BCUT2D eigenvalue weighted by Crippen LogP contribution is -2.45. The van der Waals surface area contributed by atoms with Gasteiger partial charge < -0.3 is 0 Å². The van der Waals surface area contributed by atoms with Gasteiger partial charge in [0.2, 0.25) is 0 Å². The molecule has 1 aromatic rings. The van der Waals surface area contributed by atoms with Crippen LogP contribution in [0.5, 0.6) is 0 Å². The summed E-state index contributed by atoms with van der Waals surface area (Å²) in [6.07, 6.45) is 9.14. The van der Waals surface area contributed by atoms with Gasteiger partial charge >= 0.3 is 0 Å². The van der Waals surface area contributed by atoms with Crippen molar-refractivity contribution in [2.75, 3.05) is 0 Å². The molecule has 4 saturated carbocycles. The fraction of sp³-hybridized carbons (Fsp3) is 0.526. The summed E-state index contributed by atoms with van der Waals surface area (Å²) < 4.78 is 0. The number of hydrogen-bond acceptors (Lipinski definition) is 1. The van der Waals surface area contributed by atoms with Crippen molar-refractivity contribution in [1.82, 2.24) is 0 Å². The maximum Gasteiger partial charge on any atom is 0.0950 e. The minimum Gasteiger partial charge on any atom is -0.193 e. The molecule has 0 N–H and O–H groups in total. The van der Waals surface area contributed by atoms with Crippen LogP contribution in [0.25, 0.3) is 6.08 Å². The van der Waals surface area contributed by atoms with Crippen LogP contribution in [0.15, 0.2) is 35.9 Å². The van der Waals surface area contributed by atoms with Gasteiger partial charge in [-0.2, -0.15) is 5.26 Å². The summed E-state index contributed by atoms with van der Waals surface area (Å²) >= 11 is 0. The van der Waals surface area contributed by atoms with Crippen LogP contribution in [-0.4, -0.2) is 0 Å². The molecule has 0 heterocycles. The highest BCUT2D eigenvalue weighted by molar-refractivity contribution is 5.58. The largest absolute Gasteiger partial charge is 0.193 e. The summed E-state index contributed by atoms with van der Waals surface area (Å²) in [7, 11) is 0. The molecule has 102 valence electrons. The molecular formula is C19H21N. The van der Waals surface area contributed by atoms with Gasteiger partial charge in [-0.15, -0.1) is 0 Å². The molecule has 1 aromatic carbocycles. The standard InChI is InChI=1S/C19H21N/c20-12-18(7-13-4-2-1-3-5-13)19-16-8-14-6-15(10-16)11-17(19)9-14/h1-5,7,14-17,19H,6,8-11H2/b18-7+. The summed E-state index contributed by atoms with van der Waals surface area (Å²) in [6, 6.07) is 12.9. The Labute approximate surface area is 121 Å². The highest BCUT2D eigenvalue weighted by Gasteiger charge is 2.49. The topological polar surface area (TPSA) is 23.8 Å². The van der Waals surface area contributed by atoms with Gasteiger partial charge in [-0.1, -0.05) is 30.3 Å². The third-order valence-corrected chi connectivity index (χ3v) is 5.84. The van der Waals surface area contributed by atoms with E-state index in [1.54, 1.807) is 0 Å². The highest BCUT2D eigenvalue weighted by Crippen LogP contribution is 2.58. The van der Waals surface area contributed by atoms with E-state index in [1.807, 2.05) is 6.07 Å². The van der Waals surface area contributed by atoms with E-state index in [4.69, 9.17) is 0 Å². The van der Waals surface area contributed by atoms with Crippen LogP contribution >= 0.6 is 0 Å². The van der Waals surface area contributed by atoms with Crippen LogP contribution in [0.1, 0.15) is 37.7 Å². The number of benzene rings is 1. The molecule has 0 aromatic heterocycles. The molecule has 0 amide bonds. The van der Waals surface area contributed by atoms with Gasteiger partial charge in [0.05, 0.1) is 6.07 Å². The highest BCUT2D eigenvalue weighted by atomic mass is 14.5. The summed E-state index contributed by atoms with van der Waals surface area (Å²) in [5, 5.41) is 9.65. The quantitative estimate of drug-likeness (QED) is 0.711. The molecule has 4 aliphatic carbocycles. The molecule has 0 saturated heterocycles. The molecule has 0 radical (unpaired) electrons. The molecule has 0 aliphatic heterocycles. The first-order valence-corrected chi connectivity index (χ1v) is 8.00. The number of nitrogens with zero attached hydrogens (tertiary/aromatic N) is 1. The Morgan fingerprint density at radius 1 is 0.950 bits per heavy atom. The Balaban J connectivity index is 1.66. The van der Waals surface area contributed by atoms with Crippen LogP contribution in [0.3, 0.4) is 0 Å². The SMILES string of the molecule is N#C/C(=C\c1ccccc1)C1C2CC3CC(C2)CC1C3. The zero-order valence-electron chi connectivity index (χ0n) is 11.8. The van der Waals surface area contributed by atoms with Crippen molar-refractivity contribution in [3.8, 4) is 6.07 Å². The number of nitriles is 1. The van der Waals surface area contributed by atoms with Gasteiger partial charge in [-0.05, 0) is 73.3 Å². The summed E-state index contributed by atoms with van der Waals surface area (Å²) in [6.45, 7) is 0. The average Bonchev–Trinajstić information content (AvgIpc) is 2.46. The first-order chi connectivity index (χ1) is 9.83. The monoisotopic (exact) mass is 263 g/mol. The van der Waals surface area contributed by atoms with Crippen molar-refractivity contribution in [3.63, 3.8) is 0 Å². The van der Waals surface area contributed by atoms with E-state index in [9.17, 15) is 5.26 Å². The maximum absolute atomic E-state index is 9.65. The molecule has 4 aliphatic rings. The summed E-state index contributed by atoms with van der Waals surface area (Å²) in [5.74, 6) is 4.09. The smallest absolute Gasteiger partial charge is 0.0950 e. The van der Waals surface area contributed by atoms with Crippen LogP contribution < -0.4 is 0 Å². The minimum absolute atomic E-state index is 0.549. The second-order valence-corrected chi connectivity index (χ2v) is 7.08. The van der Waals surface area contributed by atoms with Crippen molar-refractivity contribution in [1.29, 1.82) is 5.26 Å². The van der Waals surface area contributed by atoms with E-state index in [1.165, 1.54) is 37.7 Å². The Bertz CT molecular complexity index is 535. The summed E-state index contributed by atoms with van der Waals surface area (Å²) in [5.41, 5.74) is 2.22. The zero-order valence-corrected chi connectivity index (χ0v) is 11.8. The van der Waals surface area contributed by atoms with E-state index < -0.39 is 0 Å². The third-order valence-electron chi connectivity index (χ3n) is 5.84. The Morgan fingerprint density at radius 3 is 2.10 bits per heavy atom. The zero-order chi connectivity index (χ0) is 13.5. The maximum atomic E-state index is 9.65. The van der Waals surface area contributed by atoms with Gasteiger partial charge in [0, 0.05) is 5.57 Å². The fourth-order valence-corrected chi connectivity index (χ4v) is 5.36. The molecule has 0 atom stereocenters. The molecule has 4 bridgehead atoms. The normalized spacial score (nSPS) is 38.8. The summed E-state index contributed by atoms with van der Waals surface area (Å²) in [4.78, 5) is 0. The van der Waals surface area contributed by atoms with E-state index in [-0.39, 0.29) is 0 Å². The Morgan fingerprint density at radius 2 is 1.55 bits per heavy atom. The van der Waals surface area contributed by atoms with E-state index in [0.29, 0.717) is 5.92 Å². The predicted molar refractivity (Wildman–Crippen MR) is 80.6 cm³/mol. The Hall–Kier alpha value is -1.55. The molecular weight excluding hydrogens is 242 g/mol. The Kier molecular flexibility index (Phi) is 2.91. The molecule has 0 unspecified atom stereocenters. The number of rotatable bonds is 2. The van der Waals surface area contributed by atoms with Crippen molar-refractivity contribution < 1.29 is 0 Å². The second kappa shape index (κ2) is 4.77. The lowest BCUT2D eigenvalue weighted by Gasteiger charge is -2.54. The van der Waals surface area contributed by atoms with Gasteiger partial charge in [0.25, 0.3) is 0 Å². The van der Waals surface area contributed by atoms with Crippen molar-refractivity contribution in [3.05, 3.63) is 41.5 Å². The van der Waals surface area contributed by atoms with Gasteiger partial charge in [0.15, 0.2) is 0 Å². The van der Waals surface area contributed by atoms with Crippen molar-refractivity contribution >= 4 is 6.08 Å². The van der Waals surface area contributed by atoms with Crippen LogP contribution in [-0.2, 0) is 0 Å². The molecule has 1 nitrogen and oxygen atoms in total. The lowest BCUT2D eigenvalue weighted by atomic mass is 9.50. The fourth-order valence-electron chi connectivity index (χ4n) is 5.36. The molecule has 1 heteroatoms. The molecule has 5 rings (SSSR count). The van der Waals surface area contributed by atoms with Gasteiger partial charge in [0.1, 0.15) is 0 Å². The van der Waals surface area contributed by atoms with E-state index in [0.717, 1.165) is 29.2 Å². The van der Waals surface area contributed by atoms with Crippen LogP contribution in [0, 0.1) is 40.9 Å². The first kappa shape index (κ1) is 12.2. The molecule has 4 fully saturated rings. The van der Waals surface area contributed by atoms with Crippen LogP contribution in [0.4, 0.5) is 0 Å². The number of allylic oxidation sites excluding steroid dienone is 1. The average molecular weight is 263 g/mol. The van der Waals surface area contributed by atoms with Crippen LogP contribution in [0.2, 0.25) is 0 Å². The van der Waals surface area contributed by atoms with Crippen molar-refractivity contribution in [2.45, 2.75) is 32.1 Å². The third kappa shape index (κ3) is 1.99. The number of hydrogen-bond donors (Lipinski definition) is 0. The second-order valence-electron chi connectivity index (χ2n) is 7.08. The van der Waals surface area contributed by atoms with E-state index >= 15 is 0 Å². The lowest BCUT2D eigenvalue weighted by molar-refractivity contribution is -0.0187. The van der Waals surface area contributed by atoms with Gasteiger partial charge in [-0.3, -0.25) is 0 Å². The molecule has 0 spiro atoms. The van der Waals surface area contributed by atoms with Crippen molar-refractivity contribution in [2.24, 2.45) is 29.6 Å². The van der Waals surface area contributed by atoms with Gasteiger partial charge in [-0.25, -0.2) is 0 Å². The minimum atomic E-state index is 0.549. The molecule has 20 heavy (non-hydrogen) atoms. The first-order valence-electron chi connectivity index (χ1n) is 8.00.